The number of H-pyrrole nitrogens is 1. The molecule has 5 nitrogen and oxygen atoms in total. The third kappa shape index (κ3) is 3.87. The van der Waals surface area contributed by atoms with Crippen LogP contribution in [-0.4, -0.2) is 31.2 Å². The van der Waals surface area contributed by atoms with Gasteiger partial charge in [-0.1, -0.05) is 18.2 Å². The number of amides is 1. The molecule has 3 rings (SSSR count). The molecule has 0 atom stereocenters. The Hall–Kier alpha value is -2.95. The molecule has 0 spiro atoms. The van der Waals surface area contributed by atoms with Gasteiger partial charge in [0.1, 0.15) is 0 Å². The number of aromatic amines is 1. The first-order chi connectivity index (χ1) is 11.8. The summed E-state index contributed by atoms with van der Waals surface area (Å²) in [6.45, 7) is 0.543. The smallest absolute Gasteiger partial charge is 0.257 e. The Morgan fingerprint density at radius 3 is 2.79 bits per heavy atom. The molecule has 0 bridgehead atoms. The van der Waals surface area contributed by atoms with E-state index in [4.69, 9.17) is 9.47 Å². The van der Waals surface area contributed by atoms with E-state index in [2.05, 4.69) is 28.5 Å². The van der Waals surface area contributed by atoms with E-state index in [0.717, 1.165) is 11.9 Å². The van der Waals surface area contributed by atoms with E-state index < -0.39 is 0 Å². The molecule has 24 heavy (non-hydrogen) atoms. The predicted octanol–water partition coefficient (Wildman–Crippen LogP) is 2.91. The fraction of sp³-hybridized carbons (Fsp3) is 0.211. The topological polar surface area (TPSA) is 63.4 Å². The van der Waals surface area contributed by atoms with Gasteiger partial charge in [-0.2, -0.15) is 0 Å². The zero-order valence-corrected chi connectivity index (χ0v) is 13.5. The van der Waals surface area contributed by atoms with Crippen molar-refractivity contribution in [2.45, 2.75) is 6.42 Å². The predicted molar refractivity (Wildman–Crippen MR) is 93.5 cm³/mol. The number of carbonyl (C=O) groups is 1. The molecule has 0 aliphatic carbocycles. The average molecular weight is 324 g/mol. The highest BCUT2D eigenvalue weighted by Crippen LogP contribution is 2.25. The SMILES string of the molecule is COc1ccccc1OCC(=O)NCCc1ccc2[nH]ccc2c1. The first-order valence-corrected chi connectivity index (χ1v) is 7.85. The lowest BCUT2D eigenvalue weighted by molar-refractivity contribution is -0.123. The average Bonchev–Trinajstić information content (AvgIpc) is 3.08. The highest BCUT2D eigenvalue weighted by atomic mass is 16.5. The summed E-state index contributed by atoms with van der Waals surface area (Å²) in [6, 6.07) is 15.6. The summed E-state index contributed by atoms with van der Waals surface area (Å²) in [7, 11) is 1.57. The number of ether oxygens (including phenoxy) is 2. The Balaban J connectivity index is 1.45. The standard InChI is InChI=1S/C19H20N2O3/c1-23-17-4-2-3-5-18(17)24-13-19(22)21-10-8-14-6-7-16-15(12-14)9-11-20-16/h2-7,9,11-12,20H,8,10,13H2,1H3,(H,21,22). The van der Waals surface area contributed by atoms with Crippen LogP contribution in [0.1, 0.15) is 5.56 Å². The van der Waals surface area contributed by atoms with Crippen LogP contribution in [0.2, 0.25) is 0 Å². The van der Waals surface area contributed by atoms with E-state index >= 15 is 0 Å². The normalized spacial score (nSPS) is 10.5. The minimum atomic E-state index is -0.149. The summed E-state index contributed by atoms with van der Waals surface area (Å²) >= 11 is 0. The van der Waals surface area contributed by atoms with Crippen LogP contribution < -0.4 is 14.8 Å². The second-order valence-electron chi connectivity index (χ2n) is 5.44. The lowest BCUT2D eigenvalue weighted by Crippen LogP contribution is -2.30. The van der Waals surface area contributed by atoms with Crippen molar-refractivity contribution in [1.82, 2.24) is 10.3 Å². The highest BCUT2D eigenvalue weighted by molar-refractivity contribution is 5.80. The first-order valence-electron chi connectivity index (χ1n) is 7.85. The maximum atomic E-state index is 11.9. The van der Waals surface area contributed by atoms with Crippen molar-refractivity contribution in [3.8, 4) is 11.5 Å². The minimum Gasteiger partial charge on any atom is -0.493 e. The molecule has 124 valence electrons. The van der Waals surface area contributed by atoms with Gasteiger partial charge in [0.25, 0.3) is 5.91 Å². The third-order valence-electron chi connectivity index (χ3n) is 3.78. The van der Waals surface area contributed by atoms with Crippen LogP contribution in [0, 0.1) is 0 Å². The molecule has 1 amide bonds. The number of methoxy groups -OCH3 is 1. The molecule has 0 unspecified atom stereocenters. The number of para-hydroxylation sites is 2. The third-order valence-corrected chi connectivity index (χ3v) is 3.78. The van der Waals surface area contributed by atoms with Crippen molar-refractivity contribution in [2.75, 3.05) is 20.3 Å². The quantitative estimate of drug-likeness (QED) is 0.702. The molecular weight excluding hydrogens is 304 g/mol. The van der Waals surface area contributed by atoms with Gasteiger partial charge in [0.05, 0.1) is 7.11 Å². The van der Waals surface area contributed by atoms with Gasteiger partial charge in [0.15, 0.2) is 18.1 Å². The van der Waals surface area contributed by atoms with Crippen molar-refractivity contribution in [3.05, 3.63) is 60.3 Å². The fourth-order valence-electron chi connectivity index (χ4n) is 2.54. The van der Waals surface area contributed by atoms with E-state index in [-0.39, 0.29) is 12.5 Å². The lowest BCUT2D eigenvalue weighted by Gasteiger charge is -2.10. The maximum absolute atomic E-state index is 11.9. The van der Waals surface area contributed by atoms with Crippen LogP contribution in [0.5, 0.6) is 11.5 Å². The highest BCUT2D eigenvalue weighted by Gasteiger charge is 2.06. The van der Waals surface area contributed by atoms with Crippen LogP contribution in [0.3, 0.4) is 0 Å². The molecule has 1 aromatic heterocycles. The number of benzene rings is 2. The second-order valence-corrected chi connectivity index (χ2v) is 5.44. The van der Waals surface area contributed by atoms with Crippen molar-refractivity contribution < 1.29 is 14.3 Å². The maximum Gasteiger partial charge on any atom is 0.257 e. The second kappa shape index (κ2) is 7.55. The van der Waals surface area contributed by atoms with Crippen LogP contribution in [-0.2, 0) is 11.2 Å². The summed E-state index contributed by atoms with van der Waals surface area (Å²) in [4.78, 5) is 15.1. The Bertz CT molecular complexity index is 826. The zero-order chi connectivity index (χ0) is 16.8. The van der Waals surface area contributed by atoms with Gasteiger partial charge in [-0.3, -0.25) is 4.79 Å². The van der Waals surface area contributed by atoms with Gasteiger partial charge >= 0.3 is 0 Å². The van der Waals surface area contributed by atoms with E-state index in [1.807, 2.05) is 24.4 Å². The largest absolute Gasteiger partial charge is 0.493 e. The van der Waals surface area contributed by atoms with Gasteiger partial charge in [0, 0.05) is 18.3 Å². The number of hydrogen-bond acceptors (Lipinski definition) is 3. The molecule has 2 N–H and O–H groups in total. The van der Waals surface area contributed by atoms with Crippen LogP contribution in [0.4, 0.5) is 0 Å². The van der Waals surface area contributed by atoms with E-state index in [1.54, 1.807) is 19.2 Å². The lowest BCUT2D eigenvalue weighted by atomic mass is 10.1. The molecule has 0 radical (unpaired) electrons. The number of aromatic nitrogens is 1. The number of rotatable bonds is 7. The van der Waals surface area contributed by atoms with Crippen molar-refractivity contribution in [2.24, 2.45) is 0 Å². The molecule has 2 aromatic carbocycles. The van der Waals surface area contributed by atoms with Crippen LogP contribution in [0.15, 0.2) is 54.7 Å². The van der Waals surface area contributed by atoms with Crippen molar-refractivity contribution in [3.63, 3.8) is 0 Å². The van der Waals surface area contributed by atoms with Gasteiger partial charge in [-0.25, -0.2) is 0 Å². The van der Waals surface area contributed by atoms with Gasteiger partial charge in [-0.15, -0.1) is 0 Å². The summed E-state index contributed by atoms with van der Waals surface area (Å²) in [6.07, 6.45) is 2.70. The van der Waals surface area contributed by atoms with Crippen molar-refractivity contribution >= 4 is 16.8 Å². The molecule has 1 heterocycles. The molecule has 0 aliphatic rings. The monoisotopic (exact) mass is 324 g/mol. The van der Waals surface area contributed by atoms with Gasteiger partial charge in [0.2, 0.25) is 0 Å². The Morgan fingerprint density at radius 2 is 1.96 bits per heavy atom. The summed E-state index contributed by atoms with van der Waals surface area (Å²) in [5.74, 6) is 1.03. The van der Waals surface area contributed by atoms with Crippen LogP contribution >= 0.6 is 0 Å². The number of nitrogens with one attached hydrogen (secondary N) is 2. The number of carbonyl (C=O) groups excluding carboxylic acids is 1. The van der Waals surface area contributed by atoms with E-state index in [9.17, 15) is 4.79 Å². The van der Waals surface area contributed by atoms with Crippen LogP contribution in [0.25, 0.3) is 10.9 Å². The minimum absolute atomic E-state index is 0.0305. The van der Waals surface area contributed by atoms with Gasteiger partial charge in [-0.05, 0) is 47.7 Å². The summed E-state index contributed by atoms with van der Waals surface area (Å²) in [5, 5.41) is 4.05. The van der Waals surface area contributed by atoms with Gasteiger partial charge < -0.3 is 19.8 Å². The molecule has 5 heteroatoms. The molecular formula is C19H20N2O3. The first kappa shape index (κ1) is 15.9. The molecule has 0 aliphatic heterocycles. The Labute approximate surface area is 140 Å². The molecule has 3 aromatic rings. The number of fused-ring (bicyclic) bond motifs is 1. The number of hydrogen-bond donors (Lipinski definition) is 2. The Morgan fingerprint density at radius 1 is 1.12 bits per heavy atom. The fourth-order valence-corrected chi connectivity index (χ4v) is 2.54. The molecule has 0 saturated carbocycles. The molecule has 0 fully saturated rings. The Kier molecular flexibility index (Phi) is 5.01. The zero-order valence-electron chi connectivity index (χ0n) is 13.5. The van der Waals surface area contributed by atoms with Crippen molar-refractivity contribution in [1.29, 1.82) is 0 Å². The molecule has 0 saturated heterocycles. The van der Waals surface area contributed by atoms with E-state index in [0.29, 0.717) is 18.0 Å². The van der Waals surface area contributed by atoms with E-state index in [1.165, 1.54) is 10.9 Å². The summed E-state index contributed by atoms with van der Waals surface area (Å²) in [5.41, 5.74) is 2.31. The summed E-state index contributed by atoms with van der Waals surface area (Å²) < 4.78 is 10.7.